The predicted molar refractivity (Wildman–Crippen MR) is 96.4 cm³/mol. The van der Waals surface area contributed by atoms with Gasteiger partial charge >= 0.3 is 0 Å². The molecule has 2 heterocycles. The molecule has 0 saturated heterocycles. The number of hydrogen-bond acceptors (Lipinski definition) is 5. The molecule has 0 fully saturated rings. The van der Waals surface area contributed by atoms with Gasteiger partial charge < -0.3 is 14.8 Å². The van der Waals surface area contributed by atoms with Gasteiger partial charge in [-0.3, -0.25) is 5.32 Å². The third-order valence-corrected chi connectivity index (χ3v) is 4.15. The molecule has 0 saturated carbocycles. The second-order valence-corrected chi connectivity index (χ2v) is 6.44. The van der Waals surface area contributed by atoms with Gasteiger partial charge in [-0.2, -0.15) is 0 Å². The molecule has 0 amide bonds. The summed E-state index contributed by atoms with van der Waals surface area (Å²) in [5.41, 5.74) is 4.33. The molecule has 1 atom stereocenters. The Labute approximate surface area is 145 Å². The number of ether oxygens (including phenoxy) is 1. The molecule has 3 aromatic rings. The van der Waals surface area contributed by atoms with Crippen molar-refractivity contribution in [2.75, 3.05) is 0 Å². The highest BCUT2D eigenvalue weighted by molar-refractivity contribution is 5.75. The lowest BCUT2D eigenvalue weighted by atomic mass is 10.1. The van der Waals surface area contributed by atoms with Crippen LogP contribution in [-0.2, 0) is 6.42 Å². The minimum Gasteiger partial charge on any atom is -0.437 e. The molecule has 4 rings (SSSR count). The number of aliphatic hydroxyl groups excluding tert-OH is 1. The van der Waals surface area contributed by atoms with Crippen molar-refractivity contribution >= 4 is 17.2 Å². The Kier molecular flexibility index (Phi) is 3.99. The Morgan fingerprint density at radius 3 is 3.04 bits per heavy atom. The molecule has 1 aliphatic rings. The van der Waals surface area contributed by atoms with E-state index in [1.54, 1.807) is 12.4 Å². The van der Waals surface area contributed by atoms with Crippen LogP contribution in [-0.4, -0.2) is 26.1 Å². The first-order valence-electron chi connectivity index (χ1n) is 8.35. The summed E-state index contributed by atoms with van der Waals surface area (Å²) in [7, 11) is 0. The molecule has 3 N–H and O–H groups in total. The predicted octanol–water partition coefficient (Wildman–Crippen LogP) is 3.31. The monoisotopic (exact) mass is 336 g/mol. The molecule has 2 aromatic heterocycles. The average Bonchev–Trinajstić information content (AvgIpc) is 3.19. The highest BCUT2D eigenvalue weighted by Crippen LogP contribution is 2.28. The lowest BCUT2D eigenvalue weighted by Crippen LogP contribution is -2.27. The van der Waals surface area contributed by atoms with Gasteiger partial charge in [0.25, 0.3) is 0 Å². The van der Waals surface area contributed by atoms with Gasteiger partial charge in [0, 0.05) is 17.8 Å². The SMILES string of the molecule is CC(C)NC(O)c1c[nH]c2ncc(Oc3ccc4c(c3)C=CC4)nc12. The molecule has 0 spiro atoms. The average molecular weight is 336 g/mol. The number of rotatable bonds is 5. The summed E-state index contributed by atoms with van der Waals surface area (Å²) in [4.78, 5) is 11.9. The number of nitrogens with one attached hydrogen (secondary N) is 2. The maximum absolute atomic E-state index is 10.3. The zero-order chi connectivity index (χ0) is 17.4. The van der Waals surface area contributed by atoms with E-state index in [1.165, 1.54) is 11.1 Å². The molecule has 1 aromatic carbocycles. The van der Waals surface area contributed by atoms with E-state index in [4.69, 9.17) is 4.74 Å². The fraction of sp³-hybridized carbons (Fsp3) is 0.263. The van der Waals surface area contributed by atoms with Gasteiger partial charge in [-0.05, 0) is 43.5 Å². The van der Waals surface area contributed by atoms with E-state index in [-0.39, 0.29) is 6.04 Å². The second-order valence-electron chi connectivity index (χ2n) is 6.44. The lowest BCUT2D eigenvalue weighted by molar-refractivity contribution is 0.130. The molecule has 0 radical (unpaired) electrons. The maximum atomic E-state index is 10.3. The Morgan fingerprint density at radius 1 is 1.32 bits per heavy atom. The molecule has 6 nitrogen and oxygen atoms in total. The molecule has 128 valence electrons. The van der Waals surface area contributed by atoms with Gasteiger partial charge in [0.15, 0.2) is 5.65 Å². The fourth-order valence-corrected chi connectivity index (χ4v) is 2.97. The first-order chi connectivity index (χ1) is 12.1. The van der Waals surface area contributed by atoms with Crippen LogP contribution >= 0.6 is 0 Å². The van der Waals surface area contributed by atoms with Crippen LogP contribution in [0.2, 0.25) is 0 Å². The van der Waals surface area contributed by atoms with Gasteiger partial charge in [-0.1, -0.05) is 18.2 Å². The number of aromatic amines is 1. The number of nitrogens with zero attached hydrogens (tertiary/aromatic N) is 2. The first-order valence-corrected chi connectivity index (χ1v) is 8.35. The third-order valence-electron chi connectivity index (χ3n) is 4.15. The molecule has 1 unspecified atom stereocenters. The highest BCUT2D eigenvalue weighted by atomic mass is 16.5. The quantitative estimate of drug-likeness (QED) is 0.623. The van der Waals surface area contributed by atoms with Gasteiger partial charge in [0.05, 0.1) is 6.20 Å². The molecular formula is C19H20N4O2. The van der Waals surface area contributed by atoms with Crippen molar-refractivity contribution < 1.29 is 9.84 Å². The number of hydrogen-bond donors (Lipinski definition) is 3. The summed E-state index contributed by atoms with van der Waals surface area (Å²) in [5, 5.41) is 13.4. The fourth-order valence-electron chi connectivity index (χ4n) is 2.97. The van der Waals surface area contributed by atoms with E-state index in [0.29, 0.717) is 22.6 Å². The first kappa shape index (κ1) is 15.8. The van der Waals surface area contributed by atoms with E-state index < -0.39 is 6.23 Å². The molecular weight excluding hydrogens is 316 g/mol. The minimum atomic E-state index is -0.816. The Morgan fingerprint density at radius 2 is 2.20 bits per heavy atom. The Balaban J connectivity index is 1.63. The van der Waals surface area contributed by atoms with Crippen molar-refractivity contribution in [2.45, 2.75) is 32.5 Å². The van der Waals surface area contributed by atoms with Crippen molar-refractivity contribution in [2.24, 2.45) is 0 Å². The number of aromatic nitrogens is 3. The normalized spacial score (nSPS) is 14.2. The zero-order valence-electron chi connectivity index (χ0n) is 14.2. The van der Waals surface area contributed by atoms with E-state index in [9.17, 15) is 5.11 Å². The van der Waals surface area contributed by atoms with Crippen LogP contribution in [0.5, 0.6) is 11.6 Å². The van der Waals surface area contributed by atoms with E-state index in [1.807, 2.05) is 26.0 Å². The lowest BCUT2D eigenvalue weighted by Gasteiger charge is -2.14. The zero-order valence-corrected chi connectivity index (χ0v) is 14.2. The topological polar surface area (TPSA) is 83.1 Å². The number of benzene rings is 1. The van der Waals surface area contributed by atoms with Crippen LogP contribution in [0.25, 0.3) is 17.2 Å². The summed E-state index contributed by atoms with van der Waals surface area (Å²) >= 11 is 0. The molecule has 0 aliphatic heterocycles. The summed E-state index contributed by atoms with van der Waals surface area (Å²) in [5.74, 6) is 1.11. The Bertz CT molecular complexity index is 946. The Hall–Kier alpha value is -2.70. The maximum Gasteiger partial charge on any atom is 0.238 e. The van der Waals surface area contributed by atoms with Crippen LogP contribution in [0.4, 0.5) is 0 Å². The third kappa shape index (κ3) is 3.14. The largest absolute Gasteiger partial charge is 0.437 e. The van der Waals surface area contributed by atoms with E-state index >= 15 is 0 Å². The van der Waals surface area contributed by atoms with E-state index in [0.717, 1.165) is 12.2 Å². The van der Waals surface area contributed by atoms with Crippen molar-refractivity contribution in [3.05, 3.63) is 53.4 Å². The van der Waals surface area contributed by atoms with E-state index in [2.05, 4.69) is 38.5 Å². The number of H-pyrrole nitrogens is 1. The minimum absolute atomic E-state index is 0.145. The van der Waals surface area contributed by atoms with Crippen molar-refractivity contribution in [3.63, 3.8) is 0 Å². The van der Waals surface area contributed by atoms with Gasteiger partial charge in [0.2, 0.25) is 5.88 Å². The van der Waals surface area contributed by atoms with Crippen molar-refractivity contribution in [3.8, 4) is 11.6 Å². The summed E-state index contributed by atoms with van der Waals surface area (Å²) in [6.07, 6.45) is 7.67. The second kappa shape index (κ2) is 6.31. The molecule has 0 bridgehead atoms. The van der Waals surface area contributed by atoms with Gasteiger partial charge in [-0.25, -0.2) is 9.97 Å². The van der Waals surface area contributed by atoms with Gasteiger partial charge in [0.1, 0.15) is 17.5 Å². The van der Waals surface area contributed by atoms with Crippen LogP contribution in [0.1, 0.15) is 36.8 Å². The molecule has 6 heteroatoms. The summed E-state index contributed by atoms with van der Waals surface area (Å²) in [6, 6.07) is 6.14. The summed E-state index contributed by atoms with van der Waals surface area (Å²) in [6.45, 7) is 3.95. The van der Waals surface area contributed by atoms with Crippen LogP contribution in [0.3, 0.4) is 0 Å². The van der Waals surface area contributed by atoms with Crippen LogP contribution in [0.15, 0.2) is 36.7 Å². The number of aliphatic hydroxyl groups is 1. The number of allylic oxidation sites excluding steroid dienone is 1. The van der Waals surface area contributed by atoms with Crippen molar-refractivity contribution in [1.29, 1.82) is 0 Å². The molecule has 25 heavy (non-hydrogen) atoms. The standard InChI is InChI=1S/C19H20N4O2/c1-11(2)22-19(24)15-9-20-18-17(15)23-16(10-21-18)25-14-7-6-12-4-3-5-13(12)8-14/h3,5-11,19,22,24H,4H2,1-2H3,(H,20,21). The van der Waals surface area contributed by atoms with Crippen molar-refractivity contribution in [1.82, 2.24) is 20.3 Å². The van der Waals surface area contributed by atoms with Crippen LogP contribution < -0.4 is 10.1 Å². The summed E-state index contributed by atoms with van der Waals surface area (Å²) < 4.78 is 5.87. The van der Waals surface area contributed by atoms with Crippen LogP contribution in [0, 0.1) is 0 Å². The molecule has 1 aliphatic carbocycles. The highest BCUT2D eigenvalue weighted by Gasteiger charge is 2.17. The number of fused-ring (bicyclic) bond motifs is 2. The smallest absolute Gasteiger partial charge is 0.238 e. The van der Waals surface area contributed by atoms with Gasteiger partial charge in [-0.15, -0.1) is 0 Å².